The van der Waals surface area contributed by atoms with Gasteiger partial charge in [-0.1, -0.05) is 24.8 Å². The number of hydrogen-bond acceptors (Lipinski definition) is 1. The van der Waals surface area contributed by atoms with Crippen molar-refractivity contribution < 1.29 is 9.90 Å². The van der Waals surface area contributed by atoms with E-state index >= 15 is 0 Å². The molecule has 2 nitrogen and oxygen atoms in total. The second-order valence-corrected chi connectivity index (χ2v) is 2.46. The molecular weight excluding hydrogens is 140 g/mol. The van der Waals surface area contributed by atoms with Crippen LogP contribution in [0.15, 0.2) is 24.8 Å². The second-order valence-electron chi connectivity index (χ2n) is 2.46. The molecule has 0 spiro atoms. The monoisotopic (exact) mass is 154 g/mol. The second kappa shape index (κ2) is 5.71. The van der Waals surface area contributed by atoms with Gasteiger partial charge in [-0.15, -0.1) is 0 Å². The zero-order chi connectivity index (χ0) is 8.69. The molecule has 0 aromatic carbocycles. The standard InChI is InChI=1S/C9H14O2/c1-3-8(2)6-4-5-7-9(10)11/h3H,1-2,4-7H2,(H,10,11). The smallest absolute Gasteiger partial charge is 0.303 e. The maximum atomic E-state index is 10.1. The number of carboxylic acid groups (broad SMARTS) is 1. The fraction of sp³-hybridized carbons (Fsp3) is 0.444. The van der Waals surface area contributed by atoms with Crippen molar-refractivity contribution in [1.82, 2.24) is 0 Å². The van der Waals surface area contributed by atoms with Crippen LogP contribution in [0.1, 0.15) is 25.7 Å². The minimum Gasteiger partial charge on any atom is -0.481 e. The van der Waals surface area contributed by atoms with E-state index in [1.807, 2.05) is 0 Å². The average molecular weight is 154 g/mol. The van der Waals surface area contributed by atoms with Gasteiger partial charge in [0.05, 0.1) is 0 Å². The van der Waals surface area contributed by atoms with Crippen molar-refractivity contribution >= 4 is 5.97 Å². The lowest BCUT2D eigenvalue weighted by atomic mass is 10.1. The van der Waals surface area contributed by atoms with E-state index in [0.29, 0.717) is 0 Å². The maximum absolute atomic E-state index is 10.1. The summed E-state index contributed by atoms with van der Waals surface area (Å²) < 4.78 is 0. The Kier molecular flexibility index (Phi) is 5.17. The van der Waals surface area contributed by atoms with Crippen molar-refractivity contribution in [3.8, 4) is 0 Å². The molecular formula is C9H14O2. The van der Waals surface area contributed by atoms with Crippen molar-refractivity contribution in [3.63, 3.8) is 0 Å². The summed E-state index contributed by atoms with van der Waals surface area (Å²) in [5, 5.41) is 8.29. The summed E-state index contributed by atoms with van der Waals surface area (Å²) in [6.07, 6.45) is 4.43. The van der Waals surface area contributed by atoms with Gasteiger partial charge in [-0.05, 0) is 19.3 Å². The number of allylic oxidation sites excluding steroid dienone is 2. The van der Waals surface area contributed by atoms with E-state index in [1.165, 1.54) is 0 Å². The van der Waals surface area contributed by atoms with Gasteiger partial charge < -0.3 is 5.11 Å². The summed E-state index contributed by atoms with van der Waals surface area (Å²) in [6.45, 7) is 7.28. The molecule has 0 amide bonds. The van der Waals surface area contributed by atoms with Gasteiger partial charge in [0.15, 0.2) is 0 Å². The van der Waals surface area contributed by atoms with Crippen LogP contribution in [0.3, 0.4) is 0 Å². The Bertz CT molecular complexity index is 159. The molecule has 1 N–H and O–H groups in total. The number of unbranched alkanes of at least 4 members (excludes halogenated alkanes) is 1. The molecule has 0 rings (SSSR count). The lowest BCUT2D eigenvalue weighted by Gasteiger charge is -1.97. The Balaban J connectivity index is 3.21. The zero-order valence-electron chi connectivity index (χ0n) is 6.68. The van der Waals surface area contributed by atoms with Crippen LogP contribution in [0.25, 0.3) is 0 Å². The van der Waals surface area contributed by atoms with Crippen molar-refractivity contribution in [1.29, 1.82) is 0 Å². The number of carboxylic acids is 1. The highest BCUT2D eigenvalue weighted by Crippen LogP contribution is 2.07. The van der Waals surface area contributed by atoms with E-state index in [4.69, 9.17) is 5.11 Å². The third-order valence-electron chi connectivity index (χ3n) is 1.43. The first-order valence-electron chi connectivity index (χ1n) is 3.69. The Morgan fingerprint density at radius 2 is 1.91 bits per heavy atom. The molecule has 11 heavy (non-hydrogen) atoms. The third kappa shape index (κ3) is 6.84. The minimum absolute atomic E-state index is 0.254. The van der Waals surface area contributed by atoms with Crippen LogP contribution in [0.5, 0.6) is 0 Å². The molecule has 0 aromatic heterocycles. The number of aliphatic carboxylic acids is 1. The van der Waals surface area contributed by atoms with Gasteiger partial charge in [0, 0.05) is 6.42 Å². The summed E-state index contributed by atoms with van der Waals surface area (Å²) in [5.74, 6) is -0.728. The fourth-order valence-electron chi connectivity index (χ4n) is 0.730. The number of hydrogen-bond donors (Lipinski definition) is 1. The van der Waals surface area contributed by atoms with E-state index < -0.39 is 5.97 Å². The molecule has 0 heterocycles. The fourth-order valence-corrected chi connectivity index (χ4v) is 0.730. The molecule has 0 unspecified atom stereocenters. The van der Waals surface area contributed by atoms with Crippen LogP contribution in [-0.2, 0) is 4.79 Å². The van der Waals surface area contributed by atoms with Crippen LogP contribution in [0.4, 0.5) is 0 Å². The van der Waals surface area contributed by atoms with Crippen LogP contribution in [0, 0.1) is 0 Å². The highest BCUT2D eigenvalue weighted by Gasteiger charge is 1.95. The lowest BCUT2D eigenvalue weighted by Crippen LogP contribution is -1.93. The van der Waals surface area contributed by atoms with Crippen molar-refractivity contribution in [3.05, 3.63) is 24.8 Å². The Labute approximate surface area is 67.2 Å². The average Bonchev–Trinajstić information content (AvgIpc) is 1.97. The van der Waals surface area contributed by atoms with E-state index in [1.54, 1.807) is 6.08 Å². The maximum Gasteiger partial charge on any atom is 0.303 e. The molecule has 0 aliphatic rings. The third-order valence-corrected chi connectivity index (χ3v) is 1.43. The molecule has 0 saturated heterocycles. The topological polar surface area (TPSA) is 37.3 Å². The highest BCUT2D eigenvalue weighted by molar-refractivity contribution is 5.66. The summed E-state index contributed by atoms with van der Waals surface area (Å²) in [5.41, 5.74) is 0.982. The molecule has 2 heteroatoms. The SMILES string of the molecule is C=CC(=C)CCCCC(=O)O. The first kappa shape index (κ1) is 9.95. The predicted octanol–water partition coefficient (Wildman–Crippen LogP) is 2.37. The van der Waals surface area contributed by atoms with E-state index in [-0.39, 0.29) is 6.42 Å². The first-order valence-corrected chi connectivity index (χ1v) is 3.69. The molecule has 62 valence electrons. The van der Waals surface area contributed by atoms with Crippen molar-refractivity contribution in [2.24, 2.45) is 0 Å². The van der Waals surface area contributed by atoms with Crippen LogP contribution < -0.4 is 0 Å². The summed E-state index contributed by atoms with van der Waals surface area (Å²) in [4.78, 5) is 10.1. The highest BCUT2D eigenvalue weighted by atomic mass is 16.4. The van der Waals surface area contributed by atoms with Crippen LogP contribution >= 0.6 is 0 Å². The van der Waals surface area contributed by atoms with Gasteiger partial charge in [0.2, 0.25) is 0 Å². The molecule has 0 aliphatic carbocycles. The van der Waals surface area contributed by atoms with E-state index in [0.717, 1.165) is 24.8 Å². The summed E-state index contributed by atoms with van der Waals surface area (Å²) in [7, 11) is 0. The lowest BCUT2D eigenvalue weighted by molar-refractivity contribution is -0.137. The van der Waals surface area contributed by atoms with Crippen molar-refractivity contribution in [2.45, 2.75) is 25.7 Å². The molecule has 0 aromatic rings. The quantitative estimate of drug-likeness (QED) is 0.471. The van der Waals surface area contributed by atoms with Gasteiger partial charge in [-0.2, -0.15) is 0 Å². The largest absolute Gasteiger partial charge is 0.481 e. The molecule has 0 radical (unpaired) electrons. The normalized spacial score (nSPS) is 9.09. The Morgan fingerprint density at radius 3 is 2.36 bits per heavy atom. The number of carbonyl (C=O) groups is 1. The minimum atomic E-state index is -0.728. The van der Waals surface area contributed by atoms with Gasteiger partial charge in [-0.25, -0.2) is 0 Å². The predicted molar refractivity (Wildman–Crippen MR) is 45.4 cm³/mol. The molecule has 0 fully saturated rings. The van der Waals surface area contributed by atoms with Crippen LogP contribution in [0.2, 0.25) is 0 Å². The summed E-state index contributed by atoms with van der Waals surface area (Å²) >= 11 is 0. The Morgan fingerprint density at radius 1 is 1.36 bits per heavy atom. The first-order chi connectivity index (χ1) is 5.16. The van der Waals surface area contributed by atoms with Gasteiger partial charge in [0.25, 0.3) is 0 Å². The van der Waals surface area contributed by atoms with Gasteiger partial charge in [-0.3, -0.25) is 4.79 Å². The van der Waals surface area contributed by atoms with Gasteiger partial charge in [0.1, 0.15) is 0 Å². The van der Waals surface area contributed by atoms with E-state index in [9.17, 15) is 4.79 Å². The Hall–Kier alpha value is -1.05. The summed E-state index contributed by atoms with van der Waals surface area (Å²) in [6, 6.07) is 0. The molecule has 0 aliphatic heterocycles. The van der Waals surface area contributed by atoms with Crippen LogP contribution in [-0.4, -0.2) is 11.1 Å². The van der Waals surface area contributed by atoms with E-state index in [2.05, 4.69) is 13.2 Å². The number of rotatable bonds is 6. The van der Waals surface area contributed by atoms with Gasteiger partial charge >= 0.3 is 5.97 Å². The molecule has 0 saturated carbocycles. The molecule has 0 atom stereocenters. The molecule has 0 bridgehead atoms. The zero-order valence-corrected chi connectivity index (χ0v) is 6.68. The van der Waals surface area contributed by atoms with Crippen molar-refractivity contribution in [2.75, 3.05) is 0 Å².